The summed E-state index contributed by atoms with van der Waals surface area (Å²) in [6, 6.07) is 19.4. The molecule has 0 aliphatic rings. The smallest absolute Gasteiger partial charge is 0.0187 e. The first-order chi connectivity index (χ1) is 7.84. The normalized spacial score (nSPS) is 10.3. The molecule has 2 aromatic rings. The standard InChI is InChI=1S/C15H16S/c1-13-7-9-15(10-8-13)12-16-11-14-5-3-2-4-6-14/h2-10H,11-12H2,1H3. The highest BCUT2D eigenvalue weighted by atomic mass is 32.2. The summed E-state index contributed by atoms with van der Waals surface area (Å²) in [6.07, 6.45) is 0. The van der Waals surface area contributed by atoms with Crippen molar-refractivity contribution in [3.05, 3.63) is 71.3 Å². The van der Waals surface area contributed by atoms with E-state index >= 15 is 0 Å². The van der Waals surface area contributed by atoms with Crippen molar-refractivity contribution in [1.82, 2.24) is 0 Å². The lowest BCUT2D eigenvalue weighted by molar-refractivity contribution is 1.34. The Hall–Kier alpha value is -1.21. The molecule has 0 heterocycles. The van der Waals surface area contributed by atoms with Gasteiger partial charge >= 0.3 is 0 Å². The van der Waals surface area contributed by atoms with E-state index in [4.69, 9.17) is 0 Å². The van der Waals surface area contributed by atoms with Crippen molar-refractivity contribution >= 4 is 11.8 Å². The van der Waals surface area contributed by atoms with E-state index in [0.29, 0.717) is 0 Å². The van der Waals surface area contributed by atoms with Crippen LogP contribution in [0.1, 0.15) is 16.7 Å². The Bertz CT molecular complexity index is 417. The van der Waals surface area contributed by atoms with Crippen LogP contribution in [0, 0.1) is 6.92 Å². The van der Waals surface area contributed by atoms with E-state index < -0.39 is 0 Å². The first kappa shape index (κ1) is 11.3. The Balaban J connectivity index is 1.82. The first-order valence-corrected chi connectivity index (χ1v) is 6.67. The van der Waals surface area contributed by atoms with Gasteiger partial charge in [-0.1, -0.05) is 60.2 Å². The molecule has 0 amide bonds. The molecule has 2 rings (SSSR count). The summed E-state index contributed by atoms with van der Waals surface area (Å²) in [5, 5.41) is 0. The quantitative estimate of drug-likeness (QED) is 0.746. The summed E-state index contributed by atoms with van der Waals surface area (Å²) in [6.45, 7) is 2.13. The van der Waals surface area contributed by atoms with E-state index in [1.54, 1.807) is 0 Å². The molecule has 0 saturated heterocycles. The maximum atomic E-state index is 2.22. The van der Waals surface area contributed by atoms with Crippen LogP contribution in [0.4, 0.5) is 0 Å². The second kappa shape index (κ2) is 5.76. The van der Waals surface area contributed by atoms with Gasteiger partial charge in [-0.15, -0.1) is 0 Å². The highest BCUT2D eigenvalue weighted by molar-refractivity contribution is 7.97. The lowest BCUT2D eigenvalue weighted by Crippen LogP contribution is -1.83. The molecule has 16 heavy (non-hydrogen) atoms. The van der Waals surface area contributed by atoms with Crippen LogP contribution < -0.4 is 0 Å². The van der Waals surface area contributed by atoms with Gasteiger partial charge in [0.2, 0.25) is 0 Å². The zero-order valence-electron chi connectivity index (χ0n) is 9.52. The van der Waals surface area contributed by atoms with Crippen LogP contribution in [-0.2, 0) is 11.5 Å². The fraction of sp³-hybridized carbons (Fsp3) is 0.200. The van der Waals surface area contributed by atoms with Crippen LogP contribution in [0.15, 0.2) is 54.6 Å². The molecule has 82 valence electrons. The third kappa shape index (κ3) is 3.42. The van der Waals surface area contributed by atoms with Crippen LogP contribution in [0.3, 0.4) is 0 Å². The van der Waals surface area contributed by atoms with E-state index in [2.05, 4.69) is 61.5 Å². The summed E-state index contributed by atoms with van der Waals surface area (Å²) in [7, 11) is 0. The fourth-order valence-corrected chi connectivity index (χ4v) is 2.50. The van der Waals surface area contributed by atoms with Crippen molar-refractivity contribution in [3.8, 4) is 0 Å². The lowest BCUT2D eigenvalue weighted by atomic mass is 10.2. The fourth-order valence-electron chi connectivity index (χ4n) is 1.55. The van der Waals surface area contributed by atoms with Crippen LogP contribution in [-0.4, -0.2) is 0 Å². The molecule has 0 bridgehead atoms. The first-order valence-electron chi connectivity index (χ1n) is 5.52. The van der Waals surface area contributed by atoms with Gasteiger partial charge in [0.05, 0.1) is 0 Å². The van der Waals surface area contributed by atoms with Crippen molar-refractivity contribution in [2.24, 2.45) is 0 Å². The number of rotatable bonds is 4. The Kier molecular flexibility index (Phi) is 4.06. The topological polar surface area (TPSA) is 0 Å². The number of benzene rings is 2. The molecule has 1 heteroatoms. The monoisotopic (exact) mass is 228 g/mol. The van der Waals surface area contributed by atoms with Gasteiger partial charge in [0.15, 0.2) is 0 Å². The molecular weight excluding hydrogens is 212 g/mol. The molecule has 0 nitrogen and oxygen atoms in total. The van der Waals surface area contributed by atoms with Gasteiger partial charge in [-0.05, 0) is 18.1 Å². The number of hydrogen-bond donors (Lipinski definition) is 0. The number of aryl methyl sites for hydroxylation is 1. The maximum absolute atomic E-state index is 2.22. The van der Waals surface area contributed by atoms with E-state index in [9.17, 15) is 0 Å². The molecule has 0 N–H and O–H groups in total. The number of hydrogen-bond acceptors (Lipinski definition) is 1. The Labute approximate surface area is 102 Å². The van der Waals surface area contributed by atoms with Gasteiger partial charge in [-0.25, -0.2) is 0 Å². The third-order valence-electron chi connectivity index (χ3n) is 2.50. The predicted molar refractivity (Wildman–Crippen MR) is 72.6 cm³/mol. The van der Waals surface area contributed by atoms with Crippen LogP contribution in [0.5, 0.6) is 0 Å². The molecule has 0 atom stereocenters. The average Bonchev–Trinajstić information content (AvgIpc) is 2.33. The van der Waals surface area contributed by atoms with Crippen molar-refractivity contribution < 1.29 is 0 Å². The molecule has 0 radical (unpaired) electrons. The number of thioether (sulfide) groups is 1. The highest BCUT2D eigenvalue weighted by Gasteiger charge is 1.95. The minimum Gasteiger partial charge on any atom is -0.152 e. The SMILES string of the molecule is Cc1ccc(CSCc2ccccc2)cc1. The van der Waals surface area contributed by atoms with Gasteiger partial charge in [0.25, 0.3) is 0 Å². The van der Waals surface area contributed by atoms with Crippen molar-refractivity contribution in [2.45, 2.75) is 18.4 Å². The summed E-state index contributed by atoms with van der Waals surface area (Å²) in [5.74, 6) is 2.18. The van der Waals surface area contributed by atoms with E-state index in [1.165, 1.54) is 16.7 Å². The van der Waals surface area contributed by atoms with Crippen molar-refractivity contribution in [1.29, 1.82) is 0 Å². The minimum absolute atomic E-state index is 1.09. The minimum atomic E-state index is 1.09. The molecule has 0 aromatic heterocycles. The van der Waals surface area contributed by atoms with E-state index in [1.807, 2.05) is 11.8 Å². The molecule has 0 saturated carbocycles. The molecule has 0 spiro atoms. The van der Waals surface area contributed by atoms with Gasteiger partial charge in [0.1, 0.15) is 0 Å². The van der Waals surface area contributed by atoms with Gasteiger partial charge < -0.3 is 0 Å². The molecular formula is C15H16S. The summed E-state index contributed by atoms with van der Waals surface area (Å²) >= 11 is 1.97. The lowest BCUT2D eigenvalue weighted by Gasteiger charge is -2.02. The molecule has 0 aliphatic heterocycles. The summed E-state index contributed by atoms with van der Waals surface area (Å²) < 4.78 is 0. The zero-order valence-corrected chi connectivity index (χ0v) is 10.3. The second-order valence-electron chi connectivity index (χ2n) is 3.96. The highest BCUT2D eigenvalue weighted by Crippen LogP contribution is 2.17. The average molecular weight is 228 g/mol. The van der Waals surface area contributed by atoms with E-state index in [0.717, 1.165) is 11.5 Å². The van der Waals surface area contributed by atoms with Crippen molar-refractivity contribution in [3.63, 3.8) is 0 Å². The third-order valence-corrected chi connectivity index (χ3v) is 3.58. The van der Waals surface area contributed by atoms with Gasteiger partial charge in [-0.3, -0.25) is 0 Å². The predicted octanol–water partition coefficient (Wildman–Crippen LogP) is 4.43. The van der Waals surface area contributed by atoms with Gasteiger partial charge in [-0.2, -0.15) is 11.8 Å². The molecule has 0 fully saturated rings. The van der Waals surface area contributed by atoms with E-state index in [-0.39, 0.29) is 0 Å². The maximum Gasteiger partial charge on any atom is 0.0187 e. The largest absolute Gasteiger partial charge is 0.152 e. The summed E-state index contributed by atoms with van der Waals surface area (Å²) in [4.78, 5) is 0. The molecule has 0 unspecified atom stereocenters. The zero-order chi connectivity index (χ0) is 11.2. The van der Waals surface area contributed by atoms with Crippen LogP contribution in [0.25, 0.3) is 0 Å². The molecule has 2 aromatic carbocycles. The van der Waals surface area contributed by atoms with Crippen LogP contribution in [0.2, 0.25) is 0 Å². The Morgan fingerprint density at radius 2 is 1.31 bits per heavy atom. The van der Waals surface area contributed by atoms with Gasteiger partial charge in [0, 0.05) is 11.5 Å². The van der Waals surface area contributed by atoms with Crippen LogP contribution >= 0.6 is 11.8 Å². The Morgan fingerprint density at radius 3 is 1.94 bits per heavy atom. The second-order valence-corrected chi connectivity index (χ2v) is 4.95. The molecule has 0 aliphatic carbocycles. The summed E-state index contributed by atoms with van der Waals surface area (Å²) in [5.41, 5.74) is 4.14. The van der Waals surface area contributed by atoms with Crippen molar-refractivity contribution in [2.75, 3.05) is 0 Å². The Morgan fingerprint density at radius 1 is 0.750 bits per heavy atom.